The number of aliphatic hydroxyl groups is 1. The van der Waals surface area contributed by atoms with Crippen molar-refractivity contribution in [2.45, 2.75) is 18.9 Å². The Balaban J connectivity index is 1.64. The van der Waals surface area contributed by atoms with Crippen LogP contribution in [0.15, 0.2) is 60.7 Å². The molecule has 1 saturated heterocycles. The number of carbonyl (C=O) groups is 1. The topological polar surface area (TPSA) is 52.6 Å². The van der Waals surface area contributed by atoms with E-state index in [1.165, 1.54) is 5.56 Å². The van der Waals surface area contributed by atoms with Gasteiger partial charge in [-0.15, -0.1) is 0 Å². The molecular weight excluding hydrogens is 312 g/mol. The Labute approximate surface area is 149 Å². The van der Waals surface area contributed by atoms with Gasteiger partial charge in [0.05, 0.1) is 12.6 Å². The predicted molar refractivity (Wildman–Crippen MR) is 99.1 cm³/mol. The first-order valence-corrected chi connectivity index (χ1v) is 8.96. The quantitative estimate of drug-likeness (QED) is 0.815. The summed E-state index contributed by atoms with van der Waals surface area (Å²) in [6, 6.07) is 20.3. The second-order valence-corrected chi connectivity index (χ2v) is 6.79. The van der Waals surface area contributed by atoms with Gasteiger partial charge in [0.1, 0.15) is 0 Å². The molecule has 3 rings (SSSR count). The molecule has 1 amide bonds. The van der Waals surface area contributed by atoms with Crippen LogP contribution in [-0.2, 0) is 11.2 Å². The van der Waals surface area contributed by atoms with E-state index in [4.69, 9.17) is 0 Å². The minimum atomic E-state index is -0.0349. The van der Waals surface area contributed by atoms with Crippen LogP contribution in [0.2, 0.25) is 0 Å². The van der Waals surface area contributed by atoms with Gasteiger partial charge >= 0.3 is 0 Å². The van der Waals surface area contributed by atoms with Crippen LogP contribution in [0.25, 0.3) is 0 Å². The molecule has 2 aromatic carbocycles. The summed E-state index contributed by atoms with van der Waals surface area (Å²) >= 11 is 0. The van der Waals surface area contributed by atoms with Crippen molar-refractivity contribution in [2.24, 2.45) is 5.92 Å². The Morgan fingerprint density at radius 1 is 1.12 bits per heavy atom. The first-order valence-electron chi connectivity index (χ1n) is 8.96. The molecule has 2 N–H and O–H groups in total. The largest absolute Gasteiger partial charge is 0.396 e. The lowest BCUT2D eigenvalue weighted by molar-refractivity contribution is -0.122. The van der Waals surface area contributed by atoms with Gasteiger partial charge in [-0.2, -0.15) is 0 Å². The molecule has 132 valence electrons. The molecule has 2 unspecified atom stereocenters. The third-order valence-corrected chi connectivity index (χ3v) is 4.82. The van der Waals surface area contributed by atoms with Crippen LogP contribution in [0.4, 0.5) is 0 Å². The summed E-state index contributed by atoms with van der Waals surface area (Å²) in [5, 5.41) is 12.4. The maximum Gasteiger partial charge on any atom is 0.234 e. The highest BCUT2D eigenvalue weighted by atomic mass is 16.3. The van der Waals surface area contributed by atoms with Crippen LogP contribution < -0.4 is 5.32 Å². The van der Waals surface area contributed by atoms with Crippen LogP contribution in [0.5, 0.6) is 0 Å². The van der Waals surface area contributed by atoms with E-state index in [2.05, 4.69) is 34.5 Å². The highest BCUT2D eigenvalue weighted by Crippen LogP contribution is 2.19. The lowest BCUT2D eigenvalue weighted by Crippen LogP contribution is -2.38. The number of amides is 1. The third-order valence-electron chi connectivity index (χ3n) is 4.82. The zero-order chi connectivity index (χ0) is 17.5. The normalized spacial score (nSPS) is 18.8. The molecule has 1 heterocycles. The summed E-state index contributed by atoms with van der Waals surface area (Å²) in [7, 11) is 0. The summed E-state index contributed by atoms with van der Waals surface area (Å²) < 4.78 is 0. The molecule has 25 heavy (non-hydrogen) atoms. The van der Waals surface area contributed by atoms with E-state index >= 15 is 0 Å². The fourth-order valence-electron chi connectivity index (χ4n) is 3.44. The Bertz CT molecular complexity index is 660. The van der Waals surface area contributed by atoms with Crippen molar-refractivity contribution >= 4 is 5.91 Å². The van der Waals surface area contributed by atoms with Crippen molar-refractivity contribution in [3.05, 3.63) is 71.8 Å². The highest BCUT2D eigenvalue weighted by Gasteiger charge is 2.24. The fraction of sp³-hybridized carbons (Fsp3) is 0.381. The van der Waals surface area contributed by atoms with Gasteiger partial charge in [0.15, 0.2) is 0 Å². The average Bonchev–Trinajstić information content (AvgIpc) is 3.10. The summed E-state index contributed by atoms with van der Waals surface area (Å²) in [5.74, 6) is 0.352. The molecule has 1 fully saturated rings. The van der Waals surface area contributed by atoms with E-state index < -0.39 is 0 Å². The fourth-order valence-corrected chi connectivity index (χ4v) is 3.44. The highest BCUT2D eigenvalue weighted by molar-refractivity contribution is 5.78. The zero-order valence-corrected chi connectivity index (χ0v) is 14.5. The standard InChI is InChI=1S/C21H26N2O2/c24-16-18-11-12-23(14-18)15-21(25)22-20(19-9-5-2-6-10-19)13-17-7-3-1-4-8-17/h1-10,18,20,24H,11-16H2,(H,22,25). The third kappa shape index (κ3) is 5.15. The van der Waals surface area contributed by atoms with E-state index in [0.29, 0.717) is 12.5 Å². The molecule has 0 spiro atoms. The lowest BCUT2D eigenvalue weighted by atomic mass is 9.99. The van der Waals surface area contributed by atoms with Gasteiger partial charge < -0.3 is 10.4 Å². The number of aliphatic hydroxyl groups excluding tert-OH is 1. The van der Waals surface area contributed by atoms with E-state index in [9.17, 15) is 9.90 Å². The first kappa shape index (κ1) is 17.6. The molecule has 1 aliphatic rings. The molecule has 0 aliphatic carbocycles. The van der Waals surface area contributed by atoms with Crippen molar-refractivity contribution in [1.29, 1.82) is 0 Å². The monoisotopic (exact) mass is 338 g/mol. The van der Waals surface area contributed by atoms with Gasteiger partial charge in [0, 0.05) is 13.2 Å². The summed E-state index contributed by atoms with van der Waals surface area (Å²) in [4.78, 5) is 14.7. The van der Waals surface area contributed by atoms with Crippen LogP contribution in [0, 0.1) is 5.92 Å². The summed E-state index contributed by atoms with van der Waals surface area (Å²) in [5.41, 5.74) is 2.33. The second kappa shape index (κ2) is 8.79. The predicted octanol–water partition coefficient (Wildman–Crippen LogP) is 2.40. The minimum absolute atomic E-state index is 0.0349. The van der Waals surface area contributed by atoms with Crippen molar-refractivity contribution in [2.75, 3.05) is 26.2 Å². The van der Waals surface area contributed by atoms with E-state index in [1.54, 1.807) is 0 Å². The Hall–Kier alpha value is -2.17. The molecule has 4 heteroatoms. The molecule has 0 radical (unpaired) electrons. The van der Waals surface area contributed by atoms with E-state index in [-0.39, 0.29) is 18.6 Å². The smallest absolute Gasteiger partial charge is 0.234 e. The van der Waals surface area contributed by atoms with Crippen LogP contribution in [-0.4, -0.2) is 42.2 Å². The van der Waals surface area contributed by atoms with Gasteiger partial charge in [0.2, 0.25) is 5.91 Å². The lowest BCUT2D eigenvalue weighted by Gasteiger charge is -2.22. The molecule has 0 saturated carbocycles. The van der Waals surface area contributed by atoms with Crippen LogP contribution >= 0.6 is 0 Å². The Kier molecular flexibility index (Phi) is 6.20. The van der Waals surface area contributed by atoms with Crippen molar-refractivity contribution in [3.8, 4) is 0 Å². The van der Waals surface area contributed by atoms with E-state index in [1.807, 2.05) is 36.4 Å². The van der Waals surface area contributed by atoms with Gasteiger partial charge in [-0.1, -0.05) is 60.7 Å². The zero-order valence-electron chi connectivity index (χ0n) is 14.5. The first-order chi connectivity index (χ1) is 12.2. The van der Waals surface area contributed by atoms with E-state index in [0.717, 1.165) is 31.5 Å². The van der Waals surface area contributed by atoms with Crippen LogP contribution in [0.1, 0.15) is 23.6 Å². The van der Waals surface area contributed by atoms with Gasteiger partial charge in [0.25, 0.3) is 0 Å². The Morgan fingerprint density at radius 3 is 2.44 bits per heavy atom. The maximum atomic E-state index is 12.6. The molecule has 0 aromatic heterocycles. The number of carbonyl (C=O) groups excluding carboxylic acids is 1. The second-order valence-electron chi connectivity index (χ2n) is 6.79. The Morgan fingerprint density at radius 2 is 1.80 bits per heavy atom. The van der Waals surface area contributed by atoms with Gasteiger partial charge in [-0.25, -0.2) is 0 Å². The number of nitrogens with one attached hydrogen (secondary N) is 1. The molecule has 4 nitrogen and oxygen atoms in total. The number of hydrogen-bond acceptors (Lipinski definition) is 3. The molecule has 2 aromatic rings. The van der Waals surface area contributed by atoms with Crippen molar-refractivity contribution < 1.29 is 9.90 Å². The number of rotatable bonds is 7. The molecular formula is C21H26N2O2. The molecule has 0 bridgehead atoms. The summed E-state index contributed by atoms with van der Waals surface area (Å²) in [6.45, 7) is 2.29. The number of benzene rings is 2. The van der Waals surface area contributed by atoms with Crippen molar-refractivity contribution in [3.63, 3.8) is 0 Å². The number of hydrogen-bond donors (Lipinski definition) is 2. The summed E-state index contributed by atoms with van der Waals surface area (Å²) in [6.07, 6.45) is 1.74. The minimum Gasteiger partial charge on any atom is -0.396 e. The number of nitrogens with zero attached hydrogens (tertiary/aromatic N) is 1. The maximum absolute atomic E-state index is 12.6. The van der Waals surface area contributed by atoms with Crippen LogP contribution in [0.3, 0.4) is 0 Å². The van der Waals surface area contributed by atoms with Gasteiger partial charge in [-0.05, 0) is 36.4 Å². The SMILES string of the molecule is O=C(CN1CCC(CO)C1)NC(Cc1ccccc1)c1ccccc1. The average molecular weight is 338 g/mol. The molecule has 1 aliphatic heterocycles. The number of likely N-dealkylation sites (tertiary alicyclic amines) is 1. The van der Waals surface area contributed by atoms with Gasteiger partial charge in [-0.3, -0.25) is 9.69 Å². The van der Waals surface area contributed by atoms with Crippen molar-refractivity contribution in [1.82, 2.24) is 10.2 Å². The molecule has 2 atom stereocenters.